The molecule has 2 aromatic rings. The van der Waals surface area contributed by atoms with Crippen LogP contribution in [0.3, 0.4) is 0 Å². The zero-order valence-corrected chi connectivity index (χ0v) is 14.9. The van der Waals surface area contributed by atoms with Crippen molar-refractivity contribution in [3.05, 3.63) is 57.2 Å². The van der Waals surface area contributed by atoms with Crippen LogP contribution in [-0.2, 0) is 0 Å². The van der Waals surface area contributed by atoms with Crippen LogP contribution in [0.1, 0.15) is 10.4 Å². The zero-order chi connectivity index (χ0) is 18.7. The molecule has 0 saturated carbocycles. The van der Waals surface area contributed by atoms with Gasteiger partial charge in [0, 0.05) is 38.3 Å². The maximum atomic E-state index is 12.3. The summed E-state index contributed by atoms with van der Waals surface area (Å²) in [6.07, 6.45) is 1.59. The van der Waals surface area contributed by atoms with E-state index in [2.05, 4.69) is 27.1 Å². The second-order valence-corrected chi connectivity index (χ2v) is 6.48. The number of anilines is 2. The van der Waals surface area contributed by atoms with Crippen molar-refractivity contribution in [1.29, 1.82) is 0 Å². The number of nitro groups is 1. The molecule has 9 heteroatoms. The fourth-order valence-corrected chi connectivity index (χ4v) is 2.94. The monoisotopic (exact) mass is 375 g/mol. The van der Waals surface area contributed by atoms with Gasteiger partial charge in [-0.15, -0.1) is 0 Å². The molecule has 0 unspecified atom stereocenters. The number of carbonyl (C=O) groups excluding carboxylic acids is 1. The molecule has 26 heavy (non-hydrogen) atoms. The van der Waals surface area contributed by atoms with Crippen molar-refractivity contribution in [2.24, 2.45) is 0 Å². The highest BCUT2D eigenvalue weighted by Crippen LogP contribution is 2.24. The van der Waals surface area contributed by atoms with Gasteiger partial charge in [-0.1, -0.05) is 11.6 Å². The van der Waals surface area contributed by atoms with Crippen molar-refractivity contribution >= 4 is 34.7 Å². The van der Waals surface area contributed by atoms with Gasteiger partial charge in [-0.3, -0.25) is 14.9 Å². The first-order chi connectivity index (χ1) is 12.4. The van der Waals surface area contributed by atoms with E-state index in [4.69, 9.17) is 11.6 Å². The third-order valence-corrected chi connectivity index (χ3v) is 4.55. The standard InChI is InChI=1S/C17H18ClN5O3/c1-21-6-8-22(9-7-21)16-5-2-12(11-19-16)20-17(24)14-4-3-13(23(25)26)10-15(14)18/h2-5,10-11H,6-9H2,1H3,(H,20,24). The summed E-state index contributed by atoms with van der Waals surface area (Å²) in [6.45, 7) is 3.79. The molecule has 3 rings (SSSR count). The molecule has 0 atom stereocenters. The lowest BCUT2D eigenvalue weighted by Crippen LogP contribution is -2.44. The molecule has 0 aliphatic carbocycles. The second-order valence-electron chi connectivity index (χ2n) is 6.07. The van der Waals surface area contributed by atoms with Gasteiger partial charge in [0.15, 0.2) is 0 Å². The quantitative estimate of drug-likeness (QED) is 0.652. The van der Waals surface area contributed by atoms with E-state index in [1.807, 2.05) is 6.07 Å². The summed E-state index contributed by atoms with van der Waals surface area (Å²) < 4.78 is 0. The van der Waals surface area contributed by atoms with Crippen LogP contribution in [0.2, 0.25) is 5.02 Å². The van der Waals surface area contributed by atoms with Crippen LogP contribution in [0.4, 0.5) is 17.2 Å². The van der Waals surface area contributed by atoms with Gasteiger partial charge < -0.3 is 15.1 Å². The first-order valence-corrected chi connectivity index (χ1v) is 8.46. The predicted molar refractivity (Wildman–Crippen MR) is 100 cm³/mol. The third-order valence-electron chi connectivity index (χ3n) is 4.24. The molecule has 0 spiro atoms. The van der Waals surface area contributed by atoms with Crippen LogP contribution >= 0.6 is 11.6 Å². The van der Waals surface area contributed by atoms with E-state index in [9.17, 15) is 14.9 Å². The number of piperazine rings is 1. The van der Waals surface area contributed by atoms with Gasteiger partial charge in [-0.2, -0.15) is 0 Å². The number of hydrogen-bond donors (Lipinski definition) is 1. The number of carbonyl (C=O) groups is 1. The Labute approximate surface area is 155 Å². The van der Waals surface area contributed by atoms with Crippen molar-refractivity contribution in [3.8, 4) is 0 Å². The maximum Gasteiger partial charge on any atom is 0.270 e. The fourth-order valence-electron chi connectivity index (χ4n) is 2.68. The third kappa shape index (κ3) is 4.09. The molecular formula is C17H18ClN5O3. The molecule has 1 fully saturated rings. The molecule has 136 valence electrons. The molecule has 1 aliphatic heterocycles. The van der Waals surface area contributed by atoms with Gasteiger partial charge in [0.25, 0.3) is 11.6 Å². The number of nitrogens with zero attached hydrogens (tertiary/aromatic N) is 4. The lowest BCUT2D eigenvalue weighted by Gasteiger charge is -2.33. The molecule has 1 N–H and O–H groups in total. The molecule has 1 aliphatic rings. The highest BCUT2D eigenvalue weighted by atomic mass is 35.5. The van der Waals surface area contributed by atoms with Crippen molar-refractivity contribution < 1.29 is 9.72 Å². The van der Waals surface area contributed by atoms with E-state index in [1.54, 1.807) is 12.3 Å². The lowest BCUT2D eigenvalue weighted by molar-refractivity contribution is -0.384. The highest BCUT2D eigenvalue weighted by Gasteiger charge is 2.17. The van der Waals surface area contributed by atoms with Crippen molar-refractivity contribution in [2.45, 2.75) is 0 Å². The molecule has 2 heterocycles. The van der Waals surface area contributed by atoms with E-state index >= 15 is 0 Å². The number of aromatic nitrogens is 1. The number of nitro benzene ring substituents is 1. The van der Waals surface area contributed by atoms with E-state index in [1.165, 1.54) is 12.1 Å². The number of pyridine rings is 1. The number of nitrogens with one attached hydrogen (secondary N) is 1. The van der Waals surface area contributed by atoms with Crippen LogP contribution in [0, 0.1) is 10.1 Å². The minimum absolute atomic E-state index is 0.0266. The van der Waals surface area contributed by atoms with Gasteiger partial charge in [-0.05, 0) is 25.2 Å². The molecule has 1 saturated heterocycles. The maximum absolute atomic E-state index is 12.3. The van der Waals surface area contributed by atoms with Crippen LogP contribution in [0.5, 0.6) is 0 Å². The normalized spacial score (nSPS) is 14.9. The van der Waals surface area contributed by atoms with Crippen molar-refractivity contribution in [2.75, 3.05) is 43.4 Å². The van der Waals surface area contributed by atoms with E-state index in [0.717, 1.165) is 38.1 Å². The molecular weight excluding hydrogens is 358 g/mol. The Morgan fingerprint density at radius 3 is 2.54 bits per heavy atom. The number of likely N-dealkylation sites (N-methyl/N-ethyl adjacent to an activating group) is 1. The minimum Gasteiger partial charge on any atom is -0.354 e. The van der Waals surface area contributed by atoms with Crippen molar-refractivity contribution in [3.63, 3.8) is 0 Å². The highest BCUT2D eigenvalue weighted by molar-refractivity contribution is 6.34. The summed E-state index contributed by atoms with van der Waals surface area (Å²) >= 11 is 5.98. The number of hydrogen-bond acceptors (Lipinski definition) is 6. The van der Waals surface area contributed by atoms with E-state index in [0.29, 0.717) is 5.69 Å². The Hall–Kier alpha value is -2.71. The second kappa shape index (κ2) is 7.67. The lowest BCUT2D eigenvalue weighted by atomic mass is 10.2. The van der Waals surface area contributed by atoms with E-state index in [-0.39, 0.29) is 16.3 Å². The number of rotatable bonds is 4. The molecule has 8 nitrogen and oxygen atoms in total. The largest absolute Gasteiger partial charge is 0.354 e. The van der Waals surface area contributed by atoms with Crippen molar-refractivity contribution in [1.82, 2.24) is 9.88 Å². The smallest absolute Gasteiger partial charge is 0.270 e. The summed E-state index contributed by atoms with van der Waals surface area (Å²) in [5.41, 5.74) is 0.535. The summed E-state index contributed by atoms with van der Waals surface area (Å²) in [5.74, 6) is 0.420. The Bertz CT molecular complexity index is 820. The first kappa shape index (κ1) is 18.1. The van der Waals surface area contributed by atoms with Gasteiger partial charge in [-0.25, -0.2) is 4.98 Å². The van der Waals surface area contributed by atoms with Gasteiger partial charge >= 0.3 is 0 Å². The zero-order valence-electron chi connectivity index (χ0n) is 14.2. The average Bonchev–Trinajstić information content (AvgIpc) is 2.63. The molecule has 0 bridgehead atoms. The summed E-state index contributed by atoms with van der Waals surface area (Å²) in [4.78, 5) is 31.4. The number of non-ortho nitro benzene ring substituents is 1. The van der Waals surface area contributed by atoms with Crippen LogP contribution in [0.15, 0.2) is 36.5 Å². The number of benzene rings is 1. The Morgan fingerprint density at radius 2 is 1.96 bits per heavy atom. The number of halogens is 1. The van der Waals surface area contributed by atoms with Crippen LogP contribution in [-0.4, -0.2) is 53.9 Å². The summed E-state index contributed by atoms with van der Waals surface area (Å²) in [5, 5.41) is 13.5. The van der Waals surface area contributed by atoms with Crippen LogP contribution in [0.25, 0.3) is 0 Å². The number of amides is 1. The molecule has 1 amide bonds. The average molecular weight is 376 g/mol. The van der Waals surface area contributed by atoms with Gasteiger partial charge in [0.2, 0.25) is 0 Å². The Balaban J connectivity index is 1.67. The SMILES string of the molecule is CN1CCN(c2ccc(NC(=O)c3ccc([N+](=O)[O-])cc3Cl)cn2)CC1. The summed E-state index contributed by atoms with van der Waals surface area (Å²) in [6, 6.07) is 7.37. The summed E-state index contributed by atoms with van der Waals surface area (Å²) in [7, 11) is 2.09. The molecule has 0 radical (unpaired) electrons. The van der Waals surface area contributed by atoms with Gasteiger partial charge in [0.05, 0.1) is 27.4 Å². The van der Waals surface area contributed by atoms with Crippen LogP contribution < -0.4 is 10.2 Å². The predicted octanol–water partition coefficient (Wildman–Crippen LogP) is 2.65. The minimum atomic E-state index is -0.561. The fraction of sp³-hybridized carbons (Fsp3) is 0.294. The molecule has 1 aromatic carbocycles. The Morgan fingerprint density at radius 1 is 1.23 bits per heavy atom. The van der Waals surface area contributed by atoms with E-state index < -0.39 is 10.8 Å². The topological polar surface area (TPSA) is 91.6 Å². The first-order valence-electron chi connectivity index (χ1n) is 8.09. The van der Waals surface area contributed by atoms with Gasteiger partial charge in [0.1, 0.15) is 5.82 Å². The molecule has 1 aromatic heterocycles. The Kier molecular flexibility index (Phi) is 5.34.